The monoisotopic (exact) mass is 501 g/mol. The second-order valence-corrected chi connectivity index (χ2v) is 10.9. The Kier molecular flexibility index (Phi) is 4.76. The van der Waals surface area contributed by atoms with Crippen molar-refractivity contribution in [2.45, 2.75) is 0 Å². The largest absolute Gasteiger partial charge is 0.310 e. The van der Waals surface area contributed by atoms with Crippen LogP contribution in [0.1, 0.15) is 0 Å². The van der Waals surface area contributed by atoms with Gasteiger partial charge in [-0.05, 0) is 80.8 Å². The van der Waals surface area contributed by atoms with Gasteiger partial charge in [-0.1, -0.05) is 91.0 Å². The van der Waals surface area contributed by atoms with Gasteiger partial charge in [0.1, 0.15) is 0 Å². The maximum absolute atomic E-state index is 2.37. The first-order valence-corrected chi connectivity index (χ1v) is 13.8. The van der Waals surface area contributed by atoms with Crippen molar-refractivity contribution in [3.63, 3.8) is 0 Å². The molecule has 1 heterocycles. The summed E-state index contributed by atoms with van der Waals surface area (Å²) in [5, 5.41) is 10.3. The van der Waals surface area contributed by atoms with Gasteiger partial charge in [-0.3, -0.25) is 0 Å². The Balaban J connectivity index is 1.34. The highest BCUT2D eigenvalue weighted by molar-refractivity contribution is 7.25. The number of thiophene rings is 1. The number of hydrogen-bond acceptors (Lipinski definition) is 2. The summed E-state index contributed by atoms with van der Waals surface area (Å²) in [4.78, 5) is 2.37. The molecule has 8 rings (SSSR count). The normalized spacial score (nSPS) is 11.7. The molecule has 178 valence electrons. The Bertz CT molecular complexity index is 2140. The molecule has 0 radical (unpaired) electrons. The number of hydrogen-bond donors (Lipinski definition) is 0. The lowest BCUT2D eigenvalue weighted by atomic mass is 9.96. The molecule has 0 aliphatic heterocycles. The van der Waals surface area contributed by atoms with E-state index in [1.165, 1.54) is 58.2 Å². The van der Waals surface area contributed by atoms with Gasteiger partial charge < -0.3 is 4.90 Å². The first-order chi connectivity index (χ1) is 18.8. The third kappa shape index (κ3) is 3.31. The minimum atomic E-state index is 1.15. The van der Waals surface area contributed by atoms with Gasteiger partial charge >= 0.3 is 0 Å². The molecule has 2 heteroatoms. The van der Waals surface area contributed by atoms with Crippen LogP contribution in [0.3, 0.4) is 0 Å². The summed E-state index contributed by atoms with van der Waals surface area (Å²) in [6.07, 6.45) is 0. The molecule has 0 atom stereocenters. The molecule has 1 aromatic heterocycles. The summed E-state index contributed by atoms with van der Waals surface area (Å²) >= 11 is 1.86. The van der Waals surface area contributed by atoms with Crippen LogP contribution in [0, 0.1) is 0 Å². The van der Waals surface area contributed by atoms with Crippen molar-refractivity contribution in [3.05, 3.63) is 140 Å². The lowest BCUT2D eigenvalue weighted by Gasteiger charge is -2.26. The summed E-state index contributed by atoms with van der Waals surface area (Å²) in [6.45, 7) is 0. The molecule has 0 bridgehead atoms. The van der Waals surface area contributed by atoms with E-state index in [9.17, 15) is 0 Å². The summed E-state index contributed by atoms with van der Waals surface area (Å²) < 4.78 is 2.65. The Morgan fingerprint density at radius 1 is 0.342 bits per heavy atom. The van der Waals surface area contributed by atoms with Crippen molar-refractivity contribution in [2.75, 3.05) is 4.90 Å². The summed E-state index contributed by atoms with van der Waals surface area (Å²) in [6, 6.07) is 50.8. The molecule has 7 aromatic carbocycles. The fourth-order valence-corrected chi connectivity index (χ4v) is 6.92. The third-order valence-corrected chi connectivity index (χ3v) is 8.77. The van der Waals surface area contributed by atoms with E-state index in [1.54, 1.807) is 0 Å². The average Bonchev–Trinajstić information content (AvgIpc) is 3.35. The van der Waals surface area contributed by atoms with Crippen LogP contribution in [0.4, 0.5) is 17.1 Å². The molecule has 0 saturated carbocycles. The van der Waals surface area contributed by atoms with Crippen molar-refractivity contribution in [2.24, 2.45) is 0 Å². The highest BCUT2D eigenvalue weighted by atomic mass is 32.1. The predicted molar refractivity (Wildman–Crippen MR) is 167 cm³/mol. The van der Waals surface area contributed by atoms with Crippen LogP contribution in [-0.4, -0.2) is 0 Å². The van der Waals surface area contributed by atoms with E-state index in [1.807, 2.05) is 11.3 Å². The van der Waals surface area contributed by atoms with Gasteiger partial charge in [-0.15, -0.1) is 11.3 Å². The lowest BCUT2D eigenvalue weighted by molar-refractivity contribution is 1.30. The standard InChI is InChI=1S/C36H23NS/c1-2-9-26(10-3-1)37(28-17-21-36-34(23-28)33-12-6-7-13-35(33)38-36)27-16-20-30-25(22-27)15-19-31-29-11-5-4-8-24(29)14-18-32(30)31/h1-23H. The number of para-hydroxylation sites is 1. The molecule has 0 spiro atoms. The van der Waals surface area contributed by atoms with Crippen LogP contribution in [0.15, 0.2) is 140 Å². The maximum atomic E-state index is 2.37. The van der Waals surface area contributed by atoms with Crippen LogP contribution in [-0.2, 0) is 0 Å². The van der Waals surface area contributed by atoms with Crippen LogP contribution in [0.25, 0.3) is 52.5 Å². The Labute approximate surface area is 224 Å². The van der Waals surface area contributed by atoms with E-state index < -0.39 is 0 Å². The third-order valence-electron chi connectivity index (χ3n) is 7.62. The van der Waals surface area contributed by atoms with E-state index in [0.29, 0.717) is 0 Å². The molecule has 0 fully saturated rings. The summed E-state index contributed by atoms with van der Waals surface area (Å²) in [5.74, 6) is 0. The zero-order chi connectivity index (χ0) is 25.1. The summed E-state index contributed by atoms with van der Waals surface area (Å²) in [7, 11) is 0. The van der Waals surface area contributed by atoms with E-state index in [4.69, 9.17) is 0 Å². The number of nitrogens with zero attached hydrogens (tertiary/aromatic N) is 1. The second kappa shape index (κ2) is 8.44. The number of rotatable bonds is 3. The van der Waals surface area contributed by atoms with E-state index in [2.05, 4.69) is 144 Å². The molecule has 0 N–H and O–H groups in total. The lowest BCUT2D eigenvalue weighted by Crippen LogP contribution is -2.09. The van der Waals surface area contributed by atoms with Gasteiger partial charge in [0, 0.05) is 37.2 Å². The van der Waals surface area contributed by atoms with Crippen molar-refractivity contribution in [3.8, 4) is 0 Å². The molecule has 38 heavy (non-hydrogen) atoms. The minimum absolute atomic E-state index is 1.15. The van der Waals surface area contributed by atoms with Crippen molar-refractivity contribution in [1.82, 2.24) is 0 Å². The Hall–Kier alpha value is -4.66. The van der Waals surface area contributed by atoms with Crippen LogP contribution in [0.2, 0.25) is 0 Å². The predicted octanol–water partition coefficient (Wildman–Crippen LogP) is 11.0. The van der Waals surface area contributed by atoms with Gasteiger partial charge in [0.25, 0.3) is 0 Å². The Morgan fingerprint density at radius 2 is 0.947 bits per heavy atom. The smallest absolute Gasteiger partial charge is 0.0468 e. The fourth-order valence-electron chi connectivity index (χ4n) is 5.83. The van der Waals surface area contributed by atoms with Crippen molar-refractivity contribution in [1.29, 1.82) is 0 Å². The molecule has 8 aromatic rings. The molecule has 0 amide bonds. The molecule has 0 aliphatic carbocycles. The molecule has 1 nitrogen and oxygen atoms in total. The van der Waals surface area contributed by atoms with Crippen LogP contribution in [0.5, 0.6) is 0 Å². The molecule has 0 aliphatic rings. The van der Waals surface area contributed by atoms with Gasteiger partial charge in [-0.2, -0.15) is 0 Å². The van der Waals surface area contributed by atoms with Gasteiger partial charge in [0.05, 0.1) is 0 Å². The first-order valence-electron chi connectivity index (χ1n) is 12.9. The highest BCUT2D eigenvalue weighted by Crippen LogP contribution is 2.41. The second-order valence-electron chi connectivity index (χ2n) is 9.80. The summed E-state index contributed by atoms with van der Waals surface area (Å²) in [5.41, 5.74) is 3.47. The highest BCUT2D eigenvalue weighted by Gasteiger charge is 2.15. The molecular formula is C36H23NS. The number of fused-ring (bicyclic) bond motifs is 8. The molecule has 0 unspecified atom stereocenters. The maximum Gasteiger partial charge on any atom is 0.0468 e. The van der Waals surface area contributed by atoms with Gasteiger partial charge in [0.15, 0.2) is 0 Å². The topological polar surface area (TPSA) is 3.24 Å². The Morgan fingerprint density at radius 3 is 1.82 bits per heavy atom. The van der Waals surface area contributed by atoms with Crippen molar-refractivity contribution >= 4 is 80.9 Å². The van der Waals surface area contributed by atoms with Crippen LogP contribution >= 0.6 is 11.3 Å². The van der Waals surface area contributed by atoms with Crippen molar-refractivity contribution < 1.29 is 0 Å². The van der Waals surface area contributed by atoms with Crippen LogP contribution < -0.4 is 4.90 Å². The van der Waals surface area contributed by atoms with E-state index in [0.717, 1.165) is 11.4 Å². The van der Waals surface area contributed by atoms with Gasteiger partial charge in [-0.25, -0.2) is 0 Å². The quantitative estimate of drug-likeness (QED) is 0.218. The molecular weight excluding hydrogens is 478 g/mol. The number of anilines is 3. The van der Waals surface area contributed by atoms with E-state index in [-0.39, 0.29) is 0 Å². The fraction of sp³-hybridized carbons (Fsp3) is 0. The number of benzene rings is 7. The van der Waals surface area contributed by atoms with Gasteiger partial charge in [0.2, 0.25) is 0 Å². The van der Waals surface area contributed by atoms with E-state index >= 15 is 0 Å². The zero-order valence-electron chi connectivity index (χ0n) is 20.6. The molecule has 0 saturated heterocycles. The zero-order valence-corrected chi connectivity index (χ0v) is 21.5. The average molecular weight is 502 g/mol. The minimum Gasteiger partial charge on any atom is -0.310 e. The SMILES string of the molecule is c1ccc(N(c2ccc3c(ccc4c5ccccc5ccc34)c2)c2ccc3sc4ccccc4c3c2)cc1. The first kappa shape index (κ1) is 21.4.